The zero-order chi connectivity index (χ0) is 16.7. The summed E-state index contributed by atoms with van der Waals surface area (Å²) < 4.78 is 13.8. The van der Waals surface area contributed by atoms with Gasteiger partial charge in [-0.15, -0.1) is 0 Å². The Morgan fingerprint density at radius 2 is 1.61 bits per heavy atom. The van der Waals surface area contributed by atoms with E-state index in [2.05, 4.69) is 19.1 Å². The van der Waals surface area contributed by atoms with Gasteiger partial charge < -0.3 is 5.11 Å². The van der Waals surface area contributed by atoms with Crippen LogP contribution in [0.4, 0.5) is 4.39 Å². The summed E-state index contributed by atoms with van der Waals surface area (Å²) >= 11 is 0. The predicted octanol–water partition coefficient (Wildman–Crippen LogP) is 5.70. The number of halogens is 1. The van der Waals surface area contributed by atoms with Crippen molar-refractivity contribution in [3.05, 3.63) is 59.4 Å². The Bertz CT molecular complexity index is 647. The van der Waals surface area contributed by atoms with Gasteiger partial charge in [-0.1, -0.05) is 62.9 Å². The second-order valence-corrected chi connectivity index (χ2v) is 5.86. The molecular formula is C20H23FO2. The summed E-state index contributed by atoms with van der Waals surface area (Å²) in [6.45, 7) is 2.21. The second-order valence-electron chi connectivity index (χ2n) is 5.86. The summed E-state index contributed by atoms with van der Waals surface area (Å²) in [5.74, 6) is -1.94. The molecule has 2 nitrogen and oxygen atoms in total. The van der Waals surface area contributed by atoms with Gasteiger partial charge in [0.2, 0.25) is 0 Å². The molecule has 0 bridgehead atoms. The number of aromatic carboxylic acids is 1. The summed E-state index contributed by atoms with van der Waals surface area (Å²) in [6.07, 6.45) is 7.38. The topological polar surface area (TPSA) is 37.3 Å². The minimum Gasteiger partial charge on any atom is -0.478 e. The molecule has 0 aliphatic heterocycles. The highest BCUT2D eigenvalue weighted by Crippen LogP contribution is 2.23. The Morgan fingerprint density at radius 1 is 0.957 bits per heavy atom. The average Bonchev–Trinajstić information content (AvgIpc) is 2.55. The summed E-state index contributed by atoms with van der Waals surface area (Å²) in [7, 11) is 0. The second kappa shape index (κ2) is 8.47. The molecule has 2 aromatic rings. The van der Waals surface area contributed by atoms with Gasteiger partial charge in [0.1, 0.15) is 5.82 Å². The largest absolute Gasteiger partial charge is 0.478 e. The standard InChI is InChI=1S/C20H23FO2/c1-2-3-4-5-6-7-15-8-10-16(11-9-15)17-12-13-18(20(22)23)19(21)14-17/h8-14H,2-7H2,1H3,(H,22,23). The fourth-order valence-electron chi connectivity index (χ4n) is 2.66. The monoisotopic (exact) mass is 314 g/mol. The molecule has 1 N–H and O–H groups in total. The number of carbonyl (C=O) groups is 1. The first kappa shape index (κ1) is 17.2. The number of hydrogen-bond donors (Lipinski definition) is 1. The number of carboxylic acid groups (broad SMARTS) is 1. The summed E-state index contributed by atoms with van der Waals surface area (Å²) in [5.41, 5.74) is 2.59. The smallest absolute Gasteiger partial charge is 0.338 e. The number of unbranched alkanes of at least 4 members (excludes halogenated alkanes) is 4. The molecular weight excluding hydrogens is 291 g/mol. The Labute approximate surface area is 137 Å². The lowest BCUT2D eigenvalue weighted by atomic mass is 10.00. The number of aryl methyl sites for hydroxylation is 1. The van der Waals surface area contributed by atoms with Crippen molar-refractivity contribution >= 4 is 5.97 Å². The molecule has 0 radical (unpaired) electrons. The maximum atomic E-state index is 13.8. The first-order valence-corrected chi connectivity index (χ1v) is 8.24. The summed E-state index contributed by atoms with van der Waals surface area (Å²) in [4.78, 5) is 10.8. The van der Waals surface area contributed by atoms with E-state index in [0.29, 0.717) is 5.56 Å². The van der Waals surface area contributed by atoms with Gasteiger partial charge in [0.25, 0.3) is 0 Å². The number of rotatable bonds is 8. The summed E-state index contributed by atoms with van der Waals surface area (Å²) in [6, 6.07) is 12.3. The van der Waals surface area contributed by atoms with E-state index >= 15 is 0 Å². The zero-order valence-electron chi connectivity index (χ0n) is 13.5. The molecule has 0 aromatic heterocycles. The van der Waals surface area contributed by atoms with E-state index in [-0.39, 0.29) is 5.56 Å². The van der Waals surface area contributed by atoms with Crippen LogP contribution in [0, 0.1) is 5.82 Å². The van der Waals surface area contributed by atoms with Gasteiger partial charge in [0, 0.05) is 0 Å². The fraction of sp³-hybridized carbons (Fsp3) is 0.350. The lowest BCUT2D eigenvalue weighted by Gasteiger charge is -2.06. The highest BCUT2D eigenvalue weighted by molar-refractivity contribution is 5.88. The van der Waals surface area contributed by atoms with Gasteiger partial charge in [-0.2, -0.15) is 0 Å². The first-order chi connectivity index (χ1) is 11.1. The Morgan fingerprint density at radius 3 is 2.22 bits per heavy atom. The van der Waals surface area contributed by atoms with Crippen molar-refractivity contribution < 1.29 is 14.3 Å². The molecule has 0 amide bonds. The average molecular weight is 314 g/mol. The maximum absolute atomic E-state index is 13.8. The molecule has 0 heterocycles. The Kier molecular flexibility index (Phi) is 6.33. The van der Waals surface area contributed by atoms with Crippen LogP contribution in [-0.2, 0) is 6.42 Å². The van der Waals surface area contributed by atoms with Crippen molar-refractivity contribution in [1.82, 2.24) is 0 Å². The third-order valence-corrected chi connectivity index (χ3v) is 4.06. The molecule has 2 rings (SSSR count). The molecule has 0 spiro atoms. The molecule has 0 saturated carbocycles. The molecule has 2 aromatic carbocycles. The molecule has 0 atom stereocenters. The number of benzene rings is 2. The molecule has 0 fully saturated rings. The minimum atomic E-state index is -1.24. The maximum Gasteiger partial charge on any atom is 0.338 e. The van der Waals surface area contributed by atoms with E-state index in [1.807, 2.05) is 12.1 Å². The van der Waals surface area contributed by atoms with Gasteiger partial charge in [0.05, 0.1) is 5.56 Å². The predicted molar refractivity (Wildman–Crippen MR) is 91.3 cm³/mol. The van der Waals surface area contributed by atoms with E-state index in [1.165, 1.54) is 49.8 Å². The van der Waals surface area contributed by atoms with Crippen LogP contribution in [-0.4, -0.2) is 11.1 Å². The van der Waals surface area contributed by atoms with Crippen molar-refractivity contribution in [3.8, 4) is 11.1 Å². The van der Waals surface area contributed by atoms with Crippen molar-refractivity contribution in [3.63, 3.8) is 0 Å². The van der Waals surface area contributed by atoms with E-state index in [4.69, 9.17) is 5.11 Å². The van der Waals surface area contributed by atoms with E-state index in [1.54, 1.807) is 6.07 Å². The lowest BCUT2D eigenvalue weighted by molar-refractivity contribution is 0.0692. The van der Waals surface area contributed by atoms with Crippen LogP contribution in [0.15, 0.2) is 42.5 Å². The highest BCUT2D eigenvalue weighted by Gasteiger charge is 2.11. The summed E-state index contributed by atoms with van der Waals surface area (Å²) in [5, 5.41) is 8.86. The third kappa shape index (κ3) is 4.92. The Balaban J connectivity index is 1.99. The van der Waals surface area contributed by atoms with Crippen LogP contribution >= 0.6 is 0 Å². The van der Waals surface area contributed by atoms with E-state index < -0.39 is 11.8 Å². The minimum absolute atomic E-state index is 0.294. The van der Waals surface area contributed by atoms with E-state index in [9.17, 15) is 9.18 Å². The van der Waals surface area contributed by atoms with Crippen molar-refractivity contribution in [1.29, 1.82) is 0 Å². The molecule has 0 unspecified atom stereocenters. The molecule has 0 aliphatic carbocycles. The van der Waals surface area contributed by atoms with Crippen LogP contribution in [0.25, 0.3) is 11.1 Å². The molecule has 122 valence electrons. The normalized spacial score (nSPS) is 10.7. The van der Waals surface area contributed by atoms with Crippen LogP contribution in [0.5, 0.6) is 0 Å². The van der Waals surface area contributed by atoms with Gasteiger partial charge in [0.15, 0.2) is 0 Å². The molecule has 0 saturated heterocycles. The van der Waals surface area contributed by atoms with Crippen molar-refractivity contribution in [2.24, 2.45) is 0 Å². The SMILES string of the molecule is CCCCCCCc1ccc(-c2ccc(C(=O)O)c(F)c2)cc1. The fourth-order valence-corrected chi connectivity index (χ4v) is 2.66. The van der Waals surface area contributed by atoms with E-state index in [0.717, 1.165) is 12.0 Å². The van der Waals surface area contributed by atoms with Crippen LogP contribution in [0.2, 0.25) is 0 Å². The van der Waals surface area contributed by atoms with Crippen LogP contribution < -0.4 is 0 Å². The van der Waals surface area contributed by atoms with Crippen molar-refractivity contribution in [2.75, 3.05) is 0 Å². The van der Waals surface area contributed by atoms with Crippen LogP contribution in [0.1, 0.15) is 54.9 Å². The lowest BCUT2D eigenvalue weighted by Crippen LogP contribution is -2.00. The molecule has 23 heavy (non-hydrogen) atoms. The van der Waals surface area contributed by atoms with Crippen molar-refractivity contribution in [2.45, 2.75) is 45.4 Å². The van der Waals surface area contributed by atoms with Gasteiger partial charge in [-0.05, 0) is 41.7 Å². The van der Waals surface area contributed by atoms with Gasteiger partial charge >= 0.3 is 5.97 Å². The number of hydrogen-bond acceptors (Lipinski definition) is 1. The Hall–Kier alpha value is -2.16. The first-order valence-electron chi connectivity index (χ1n) is 8.24. The van der Waals surface area contributed by atoms with Crippen LogP contribution in [0.3, 0.4) is 0 Å². The molecule has 3 heteroatoms. The molecule has 0 aliphatic rings. The quantitative estimate of drug-likeness (QED) is 0.634. The highest BCUT2D eigenvalue weighted by atomic mass is 19.1. The van der Waals surface area contributed by atoms with Gasteiger partial charge in [-0.3, -0.25) is 0 Å². The third-order valence-electron chi connectivity index (χ3n) is 4.06. The number of carboxylic acids is 1. The van der Waals surface area contributed by atoms with Gasteiger partial charge in [-0.25, -0.2) is 9.18 Å². The zero-order valence-corrected chi connectivity index (χ0v) is 13.5.